The van der Waals surface area contributed by atoms with Crippen LogP contribution in [0, 0.1) is 0 Å². The molecule has 74 valence electrons. The van der Waals surface area contributed by atoms with Gasteiger partial charge in [0, 0.05) is 13.0 Å². The Kier molecular flexibility index (Phi) is 3.28. The third kappa shape index (κ3) is 2.20. The second-order valence-corrected chi connectivity index (χ2v) is 3.40. The highest BCUT2D eigenvalue weighted by Gasteiger charge is 2.31. The molecule has 2 N–H and O–H groups in total. The lowest BCUT2D eigenvalue weighted by atomic mass is 10.2. The van der Waals surface area contributed by atoms with Gasteiger partial charge < -0.3 is 10.6 Å². The summed E-state index contributed by atoms with van der Waals surface area (Å²) in [6.45, 7) is 2.64. The molecule has 0 aliphatic carbocycles. The van der Waals surface area contributed by atoms with Crippen LogP contribution in [0.5, 0.6) is 0 Å². The number of nitrogens with zero attached hydrogens (tertiary/aromatic N) is 1. The molecule has 1 fully saturated rings. The van der Waals surface area contributed by atoms with Crippen molar-refractivity contribution in [2.24, 2.45) is 5.73 Å². The van der Waals surface area contributed by atoms with Gasteiger partial charge in [0.25, 0.3) is 0 Å². The van der Waals surface area contributed by atoms with Crippen LogP contribution >= 0.6 is 0 Å². The minimum atomic E-state index is -0.373. The fourth-order valence-corrected chi connectivity index (χ4v) is 1.72. The molecular formula is C9H16N2O2. The lowest BCUT2D eigenvalue weighted by Crippen LogP contribution is -2.43. The molecule has 0 saturated carbocycles. The van der Waals surface area contributed by atoms with Crippen LogP contribution in [0.1, 0.15) is 32.6 Å². The van der Waals surface area contributed by atoms with Crippen LogP contribution in [0.4, 0.5) is 0 Å². The summed E-state index contributed by atoms with van der Waals surface area (Å²) in [6.07, 6.45) is 2.96. The first-order valence-electron chi connectivity index (χ1n) is 4.75. The zero-order valence-electron chi connectivity index (χ0n) is 7.95. The van der Waals surface area contributed by atoms with Gasteiger partial charge in [-0.3, -0.25) is 9.59 Å². The van der Waals surface area contributed by atoms with Crippen molar-refractivity contribution in [1.29, 1.82) is 0 Å². The molecule has 1 saturated heterocycles. The quantitative estimate of drug-likeness (QED) is 0.684. The number of carbonyl (C=O) groups excluding carboxylic acids is 2. The average molecular weight is 184 g/mol. The maximum atomic E-state index is 11.5. The number of nitrogens with two attached hydrogens (primary N) is 1. The molecule has 0 bridgehead atoms. The van der Waals surface area contributed by atoms with E-state index in [1.54, 1.807) is 4.90 Å². The van der Waals surface area contributed by atoms with E-state index in [2.05, 4.69) is 0 Å². The van der Waals surface area contributed by atoms with E-state index in [1.807, 2.05) is 6.92 Å². The Morgan fingerprint density at radius 1 is 1.54 bits per heavy atom. The second-order valence-electron chi connectivity index (χ2n) is 3.40. The van der Waals surface area contributed by atoms with Crippen molar-refractivity contribution in [2.75, 3.05) is 6.54 Å². The number of amides is 2. The van der Waals surface area contributed by atoms with Gasteiger partial charge in [0.2, 0.25) is 11.8 Å². The molecule has 0 aromatic heterocycles. The number of hydrogen-bond donors (Lipinski definition) is 1. The van der Waals surface area contributed by atoms with Crippen molar-refractivity contribution in [2.45, 2.75) is 38.6 Å². The van der Waals surface area contributed by atoms with Crippen LogP contribution in [0.3, 0.4) is 0 Å². The normalized spacial score (nSPS) is 21.9. The summed E-state index contributed by atoms with van der Waals surface area (Å²) in [5.41, 5.74) is 5.19. The Labute approximate surface area is 78.1 Å². The molecule has 1 aliphatic rings. The van der Waals surface area contributed by atoms with E-state index in [0.29, 0.717) is 13.0 Å². The molecule has 0 aromatic carbocycles. The molecule has 0 radical (unpaired) electrons. The van der Waals surface area contributed by atoms with Gasteiger partial charge >= 0.3 is 0 Å². The number of likely N-dealkylation sites (tertiary alicyclic amines) is 1. The maximum Gasteiger partial charge on any atom is 0.240 e. The van der Waals surface area contributed by atoms with E-state index in [1.165, 1.54) is 0 Å². The molecule has 1 atom stereocenters. The van der Waals surface area contributed by atoms with Gasteiger partial charge in [-0.2, -0.15) is 0 Å². The Hall–Kier alpha value is -1.06. The second kappa shape index (κ2) is 4.25. The standard InChI is InChI=1S/C9H16N2O2/c1-2-4-8(12)11-6-3-5-7(11)9(10)13/h7H,2-6H2,1H3,(H2,10,13). The summed E-state index contributed by atoms with van der Waals surface area (Å²) in [5, 5.41) is 0. The smallest absolute Gasteiger partial charge is 0.240 e. The minimum Gasteiger partial charge on any atom is -0.368 e. The van der Waals surface area contributed by atoms with Gasteiger partial charge in [-0.05, 0) is 19.3 Å². The zero-order chi connectivity index (χ0) is 9.84. The Morgan fingerprint density at radius 2 is 2.23 bits per heavy atom. The molecule has 4 heteroatoms. The summed E-state index contributed by atoms with van der Waals surface area (Å²) < 4.78 is 0. The zero-order valence-corrected chi connectivity index (χ0v) is 7.95. The van der Waals surface area contributed by atoms with Gasteiger partial charge in [0.05, 0.1) is 0 Å². The van der Waals surface area contributed by atoms with Gasteiger partial charge in [-0.15, -0.1) is 0 Å². The van der Waals surface area contributed by atoms with Crippen molar-refractivity contribution in [3.63, 3.8) is 0 Å². The SMILES string of the molecule is CCCC(=O)N1CCCC1C(N)=O. The summed E-state index contributed by atoms with van der Waals surface area (Å²) in [7, 11) is 0. The van der Waals surface area contributed by atoms with E-state index in [4.69, 9.17) is 5.73 Å². The van der Waals surface area contributed by atoms with Crippen LogP contribution in [-0.4, -0.2) is 29.3 Å². The topological polar surface area (TPSA) is 63.4 Å². The summed E-state index contributed by atoms with van der Waals surface area (Å²) in [4.78, 5) is 24.0. The lowest BCUT2D eigenvalue weighted by molar-refractivity contribution is -0.137. The van der Waals surface area contributed by atoms with Crippen molar-refractivity contribution >= 4 is 11.8 Å². The monoisotopic (exact) mass is 184 g/mol. The largest absolute Gasteiger partial charge is 0.368 e. The van der Waals surface area contributed by atoms with E-state index in [9.17, 15) is 9.59 Å². The Bertz CT molecular complexity index is 216. The predicted octanol–water partition coefficient (Wildman–Crippen LogP) is 0.263. The van der Waals surface area contributed by atoms with Crippen LogP contribution in [-0.2, 0) is 9.59 Å². The Morgan fingerprint density at radius 3 is 2.77 bits per heavy atom. The third-order valence-electron chi connectivity index (χ3n) is 2.37. The fourth-order valence-electron chi connectivity index (χ4n) is 1.72. The fraction of sp³-hybridized carbons (Fsp3) is 0.778. The summed E-state index contributed by atoms with van der Waals surface area (Å²) >= 11 is 0. The minimum absolute atomic E-state index is 0.0591. The van der Waals surface area contributed by atoms with Gasteiger partial charge in [0.1, 0.15) is 6.04 Å². The first-order valence-corrected chi connectivity index (χ1v) is 4.75. The lowest BCUT2D eigenvalue weighted by Gasteiger charge is -2.21. The number of carbonyl (C=O) groups is 2. The Balaban J connectivity index is 2.57. The first-order chi connectivity index (χ1) is 6.16. The van der Waals surface area contributed by atoms with Gasteiger partial charge in [-0.25, -0.2) is 0 Å². The van der Waals surface area contributed by atoms with E-state index >= 15 is 0 Å². The van der Waals surface area contributed by atoms with Crippen LogP contribution < -0.4 is 5.73 Å². The number of primary amides is 1. The molecule has 1 aliphatic heterocycles. The highest BCUT2D eigenvalue weighted by Crippen LogP contribution is 2.18. The van der Waals surface area contributed by atoms with Crippen molar-refractivity contribution in [3.8, 4) is 0 Å². The first kappa shape index (κ1) is 10.0. The summed E-state index contributed by atoms with van der Waals surface area (Å²) in [5.74, 6) is -0.314. The van der Waals surface area contributed by atoms with Crippen LogP contribution in [0.2, 0.25) is 0 Å². The van der Waals surface area contributed by atoms with Crippen molar-refractivity contribution < 1.29 is 9.59 Å². The van der Waals surface area contributed by atoms with E-state index in [0.717, 1.165) is 19.3 Å². The molecule has 0 aromatic rings. The maximum absolute atomic E-state index is 11.5. The molecule has 13 heavy (non-hydrogen) atoms. The average Bonchev–Trinajstić information content (AvgIpc) is 2.52. The molecule has 1 heterocycles. The van der Waals surface area contributed by atoms with Crippen LogP contribution in [0.25, 0.3) is 0 Å². The molecule has 1 unspecified atom stereocenters. The third-order valence-corrected chi connectivity index (χ3v) is 2.37. The van der Waals surface area contributed by atoms with Crippen molar-refractivity contribution in [1.82, 2.24) is 4.90 Å². The molecule has 0 spiro atoms. The van der Waals surface area contributed by atoms with Crippen molar-refractivity contribution in [3.05, 3.63) is 0 Å². The molecular weight excluding hydrogens is 168 g/mol. The van der Waals surface area contributed by atoms with E-state index in [-0.39, 0.29) is 17.9 Å². The highest BCUT2D eigenvalue weighted by molar-refractivity contribution is 5.87. The molecule has 1 rings (SSSR count). The van der Waals surface area contributed by atoms with Crippen LogP contribution in [0.15, 0.2) is 0 Å². The van der Waals surface area contributed by atoms with Gasteiger partial charge in [0.15, 0.2) is 0 Å². The van der Waals surface area contributed by atoms with E-state index < -0.39 is 0 Å². The number of rotatable bonds is 3. The van der Waals surface area contributed by atoms with Gasteiger partial charge in [-0.1, -0.05) is 6.92 Å². The molecule has 4 nitrogen and oxygen atoms in total. The predicted molar refractivity (Wildman–Crippen MR) is 48.8 cm³/mol. The number of hydrogen-bond acceptors (Lipinski definition) is 2. The molecule has 2 amide bonds. The summed E-state index contributed by atoms with van der Waals surface area (Å²) in [6, 6.07) is -0.348. The highest BCUT2D eigenvalue weighted by atomic mass is 16.2.